The molecule has 0 aliphatic carbocycles. The zero-order valence-electron chi connectivity index (χ0n) is 13.4. The molecule has 1 aliphatic heterocycles. The van der Waals surface area contributed by atoms with Crippen LogP contribution in [0.3, 0.4) is 0 Å². The molecule has 0 bridgehead atoms. The van der Waals surface area contributed by atoms with Gasteiger partial charge in [-0.15, -0.1) is 0 Å². The van der Waals surface area contributed by atoms with Crippen LogP contribution in [0.4, 0.5) is 0 Å². The van der Waals surface area contributed by atoms with Crippen LogP contribution < -0.4 is 14.8 Å². The Kier molecular flexibility index (Phi) is 5.88. The summed E-state index contributed by atoms with van der Waals surface area (Å²) in [4.78, 5) is 0. The summed E-state index contributed by atoms with van der Waals surface area (Å²) in [6.07, 6.45) is 1.98. The van der Waals surface area contributed by atoms with Gasteiger partial charge >= 0.3 is 0 Å². The van der Waals surface area contributed by atoms with Gasteiger partial charge in [0.1, 0.15) is 0 Å². The van der Waals surface area contributed by atoms with E-state index in [0.29, 0.717) is 0 Å². The van der Waals surface area contributed by atoms with Gasteiger partial charge < -0.3 is 19.5 Å². The van der Waals surface area contributed by atoms with Gasteiger partial charge in [-0.05, 0) is 17.9 Å². The van der Waals surface area contributed by atoms with Crippen molar-refractivity contribution in [1.29, 1.82) is 0 Å². The van der Waals surface area contributed by atoms with E-state index in [9.17, 15) is 0 Å². The fraction of sp³-hybridized carbons (Fsp3) is 0.647. The van der Waals surface area contributed by atoms with Gasteiger partial charge in [0.05, 0.1) is 13.2 Å². The van der Waals surface area contributed by atoms with Crippen LogP contribution >= 0.6 is 0 Å². The molecule has 118 valence electrons. The second-order valence-electron chi connectivity index (χ2n) is 6.31. The van der Waals surface area contributed by atoms with E-state index in [1.54, 1.807) is 7.11 Å². The van der Waals surface area contributed by atoms with Crippen molar-refractivity contribution in [2.75, 3.05) is 33.5 Å². The summed E-state index contributed by atoms with van der Waals surface area (Å²) in [5, 5.41) is 3.53. The van der Waals surface area contributed by atoms with Gasteiger partial charge in [0, 0.05) is 38.8 Å². The lowest BCUT2D eigenvalue weighted by atomic mass is 9.89. The largest absolute Gasteiger partial charge is 0.490 e. The summed E-state index contributed by atoms with van der Waals surface area (Å²) in [6.45, 7) is 8.50. The van der Waals surface area contributed by atoms with Crippen LogP contribution in [0.1, 0.15) is 32.3 Å². The standard InChI is InChI=1S/C17H27NO3/c1-17(2,8-11-19-3)13-18-12-14-6-4-7-15-16(14)21-10-5-9-20-15/h4,6-7,18H,5,8-13H2,1-3H3. The lowest BCUT2D eigenvalue weighted by Gasteiger charge is -2.25. The second kappa shape index (κ2) is 7.66. The first-order chi connectivity index (χ1) is 10.1. The Bertz CT molecular complexity index is 446. The van der Waals surface area contributed by atoms with Crippen LogP contribution in [0.2, 0.25) is 0 Å². The Morgan fingerprint density at radius 2 is 2.05 bits per heavy atom. The summed E-state index contributed by atoms with van der Waals surface area (Å²) in [5.41, 5.74) is 1.39. The van der Waals surface area contributed by atoms with E-state index in [4.69, 9.17) is 14.2 Å². The van der Waals surface area contributed by atoms with E-state index in [1.165, 1.54) is 0 Å². The van der Waals surface area contributed by atoms with E-state index < -0.39 is 0 Å². The van der Waals surface area contributed by atoms with Crippen molar-refractivity contribution in [3.05, 3.63) is 23.8 Å². The number of methoxy groups -OCH3 is 1. The molecule has 0 fully saturated rings. The second-order valence-corrected chi connectivity index (χ2v) is 6.31. The third-order valence-electron chi connectivity index (χ3n) is 3.76. The van der Waals surface area contributed by atoms with Gasteiger partial charge in [-0.3, -0.25) is 0 Å². The van der Waals surface area contributed by atoms with Crippen LogP contribution in [0.15, 0.2) is 18.2 Å². The zero-order chi connectivity index (χ0) is 15.1. The Labute approximate surface area is 127 Å². The number of hydrogen-bond acceptors (Lipinski definition) is 4. The van der Waals surface area contributed by atoms with Gasteiger partial charge in [-0.2, -0.15) is 0 Å². The number of nitrogens with one attached hydrogen (secondary N) is 1. The molecule has 1 heterocycles. The molecule has 4 heteroatoms. The molecule has 1 aromatic rings. The van der Waals surface area contributed by atoms with Crippen molar-refractivity contribution in [3.63, 3.8) is 0 Å². The number of rotatable bonds is 7. The van der Waals surface area contributed by atoms with Crippen molar-refractivity contribution in [3.8, 4) is 11.5 Å². The Hall–Kier alpha value is -1.26. The van der Waals surface area contributed by atoms with Gasteiger partial charge in [0.2, 0.25) is 0 Å². The predicted octanol–water partition coefficient (Wildman–Crippen LogP) is 3.00. The fourth-order valence-corrected chi connectivity index (χ4v) is 2.40. The molecule has 1 aliphatic rings. The molecule has 0 amide bonds. The van der Waals surface area contributed by atoms with Gasteiger partial charge in [-0.25, -0.2) is 0 Å². The first kappa shape index (κ1) is 16.1. The van der Waals surface area contributed by atoms with Gasteiger partial charge in [0.25, 0.3) is 0 Å². The summed E-state index contributed by atoms with van der Waals surface area (Å²) in [6, 6.07) is 6.11. The first-order valence-corrected chi connectivity index (χ1v) is 7.69. The highest BCUT2D eigenvalue weighted by Crippen LogP contribution is 2.33. The minimum atomic E-state index is 0.221. The predicted molar refractivity (Wildman–Crippen MR) is 84.0 cm³/mol. The van der Waals surface area contributed by atoms with E-state index in [2.05, 4.69) is 25.2 Å². The van der Waals surface area contributed by atoms with Crippen molar-refractivity contribution >= 4 is 0 Å². The smallest absolute Gasteiger partial charge is 0.165 e. The van der Waals surface area contributed by atoms with Gasteiger partial charge in [-0.1, -0.05) is 26.0 Å². The van der Waals surface area contributed by atoms with Crippen LogP contribution in [0, 0.1) is 5.41 Å². The lowest BCUT2D eigenvalue weighted by Crippen LogP contribution is -2.30. The SMILES string of the molecule is COCCC(C)(C)CNCc1cccc2c1OCCCO2. The molecule has 0 atom stereocenters. The van der Waals surface area contributed by atoms with E-state index in [0.717, 1.165) is 62.8 Å². The molecular weight excluding hydrogens is 266 g/mol. The van der Waals surface area contributed by atoms with Crippen LogP contribution in [0.25, 0.3) is 0 Å². The van der Waals surface area contributed by atoms with Crippen molar-refractivity contribution in [2.45, 2.75) is 33.2 Å². The minimum absolute atomic E-state index is 0.221. The molecule has 1 aromatic carbocycles. The maximum atomic E-state index is 5.84. The van der Waals surface area contributed by atoms with Crippen LogP contribution in [-0.4, -0.2) is 33.5 Å². The quantitative estimate of drug-likeness (QED) is 0.839. The molecule has 0 saturated carbocycles. The Balaban J connectivity index is 1.91. The van der Waals surface area contributed by atoms with Crippen LogP contribution in [-0.2, 0) is 11.3 Å². The van der Waals surface area contributed by atoms with E-state index in [-0.39, 0.29) is 5.41 Å². The highest BCUT2D eigenvalue weighted by atomic mass is 16.5. The topological polar surface area (TPSA) is 39.7 Å². The number of benzene rings is 1. The maximum absolute atomic E-state index is 5.84. The molecule has 0 aromatic heterocycles. The zero-order valence-corrected chi connectivity index (χ0v) is 13.4. The first-order valence-electron chi connectivity index (χ1n) is 7.69. The van der Waals surface area contributed by atoms with Crippen LogP contribution in [0.5, 0.6) is 11.5 Å². The molecule has 0 saturated heterocycles. The highest BCUT2D eigenvalue weighted by molar-refractivity contribution is 5.47. The maximum Gasteiger partial charge on any atom is 0.165 e. The third-order valence-corrected chi connectivity index (χ3v) is 3.76. The van der Waals surface area contributed by atoms with Gasteiger partial charge in [0.15, 0.2) is 11.5 Å². The summed E-state index contributed by atoms with van der Waals surface area (Å²) < 4.78 is 16.7. The Morgan fingerprint density at radius 3 is 2.86 bits per heavy atom. The monoisotopic (exact) mass is 293 g/mol. The molecule has 21 heavy (non-hydrogen) atoms. The van der Waals surface area contributed by atoms with Crippen molar-refractivity contribution in [1.82, 2.24) is 5.32 Å². The molecule has 4 nitrogen and oxygen atoms in total. The minimum Gasteiger partial charge on any atom is -0.490 e. The molecule has 1 N–H and O–H groups in total. The molecule has 0 unspecified atom stereocenters. The summed E-state index contributed by atoms with van der Waals surface area (Å²) in [5.74, 6) is 1.77. The third kappa shape index (κ3) is 4.90. The number of hydrogen-bond donors (Lipinski definition) is 1. The normalized spacial score (nSPS) is 14.8. The average molecular weight is 293 g/mol. The Morgan fingerprint density at radius 1 is 1.24 bits per heavy atom. The lowest BCUT2D eigenvalue weighted by molar-refractivity contribution is 0.150. The number of ether oxygens (including phenoxy) is 3. The summed E-state index contributed by atoms with van der Waals surface area (Å²) in [7, 11) is 1.75. The number of fused-ring (bicyclic) bond motifs is 1. The molecule has 0 radical (unpaired) electrons. The summed E-state index contributed by atoms with van der Waals surface area (Å²) >= 11 is 0. The van der Waals surface area contributed by atoms with Crippen molar-refractivity contribution in [2.24, 2.45) is 5.41 Å². The van der Waals surface area contributed by atoms with E-state index in [1.807, 2.05) is 12.1 Å². The molecular formula is C17H27NO3. The highest BCUT2D eigenvalue weighted by Gasteiger charge is 2.18. The van der Waals surface area contributed by atoms with E-state index >= 15 is 0 Å². The molecule has 0 spiro atoms. The van der Waals surface area contributed by atoms with Crippen molar-refractivity contribution < 1.29 is 14.2 Å². The average Bonchev–Trinajstić information content (AvgIpc) is 2.71. The number of para-hydroxylation sites is 1. The fourth-order valence-electron chi connectivity index (χ4n) is 2.40. The molecule has 2 rings (SSSR count).